The van der Waals surface area contributed by atoms with Crippen LogP contribution in [0.4, 0.5) is 30.7 Å². The lowest BCUT2D eigenvalue weighted by molar-refractivity contribution is -0.162. The van der Waals surface area contributed by atoms with E-state index in [4.69, 9.17) is 4.74 Å². The molecular weight excluding hydrogens is 501 g/mol. The number of halogens is 7. The topological polar surface area (TPSA) is 83.8 Å². The van der Waals surface area contributed by atoms with Gasteiger partial charge in [-0.1, -0.05) is 12.1 Å². The largest absolute Gasteiger partial charge is 0.481 e. The third-order valence-corrected chi connectivity index (χ3v) is 6.30. The summed E-state index contributed by atoms with van der Waals surface area (Å²) in [6.07, 6.45) is -12.8. The van der Waals surface area contributed by atoms with E-state index in [2.05, 4.69) is 0 Å². The maximum absolute atomic E-state index is 13.5. The molecule has 12 heteroatoms. The summed E-state index contributed by atoms with van der Waals surface area (Å²) in [5.74, 6) is -7.53. The smallest absolute Gasteiger partial charge is 0.416 e. The van der Waals surface area contributed by atoms with E-state index >= 15 is 0 Å². The third-order valence-electron chi connectivity index (χ3n) is 6.30. The van der Waals surface area contributed by atoms with Gasteiger partial charge in [-0.2, -0.15) is 26.3 Å². The summed E-state index contributed by atoms with van der Waals surface area (Å²) in [5, 5.41) is 19.4. The average Bonchev–Trinajstić information content (AvgIpc) is 2.77. The Labute approximate surface area is 200 Å². The minimum atomic E-state index is -5.07. The summed E-state index contributed by atoms with van der Waals surface area (Å²) in [4.78, 5) is 23.8. The summed E-state index contributed by atoms with van der Waals surface area (Å²) in [5.41, 5.74) is -3.29. The molecule has 0 saturated heterocycles. The van der Waals surface area contributed by atoms with Gasteiger partial charge in [0.25, 0.3) is 0 Å². The van der Waals surface area contributed by atoms with Gasteiger partial charge in [0.2, 0.25) is 0 Å². The van der Waals surface area contributed by atoms with Crippen molar-refractivity contribution in [3.8, 4) is 0 Å². The van der Waals surface area contributed by atoms with Gasteiger partial charge in [0, 0.05) is 5.92 Å². The van der Waals surface area contributed by atoms with E-state index in [0.29, 0.717) is 12.1 Å². The van der Waals surface area contributed by atoms with Gasteiger partial charge in [-0.25, -0.2) is 4.39 Å². The summed E-state index contributed by atoms with van der Waals surface area (Å²) in [7, 11) is 0. The number of hydrogen-bond acceptors (Lipinski definition) is 3. The zero-order valence-corrected chi connectivity index (χ0v) is 18.6. The number of hydrogen-bond donors (Lipinski definition) is 2. The van der Waals surface area contributed by atoms with E-state index in [1.165, 1.54) is 19.1 Å². The summed E-state index contributed by atoms with van der Waals surface area (Å²) >= 11 is 0. The van der Waals surface area contributed by atoms with Crippen LogP contribution in [0, 0.1) is 17.7 Å². The van der Waals surface area contributed by atoms with Crippen LogP contribution in [0.1, 0.15) is 54.0 Å². The Morgan fingerprint density at radius 3 is 1.86 bits per heavy atom. The minimum Gasteiger partial charge on any atom is -0.481 e. The Morgan fingerprint density at radius 1 is 0.889 bits per heavy atom. The highest BCUT2D eigenvalue weighted by molar-refractivity contribution is 5.81. The molecule has 0 aliphatic heterocycles. The van der Waals surface area contributed by atoms with Crippen molar-refractivity contribution in [3.63, 3.8) is 0 Å². The number of carboxylic acids is 2. The molecule has 3 rings (SSSR count). The predicted molar refractivity (Wildman–Crippen MR) is 110 cm³/mol. The molecule has 5 atom stereocenters. The fraction of sp³-hybridized carbons (Fsp3) is 0.417. The second-order valence-corrected chi connectivity index (χ2v) is 8.62. The van der Waals surface area contributed by atoms with Crippen LogP contribution in [-0.4, -0.2) is 28.3 Å². The molecule has 0 aromatic heterocycles. The van der Waals surface area contributed by atoms with Crippen LogP contribution in [0.15, 0.2) is 42.5 Å². The first-order chi connectivity index (χ1) is 16.6. The Balaban J connectivity index is 2.03. The van der Waals surface area contributed by atoms with Gasteiger partial charge in [0.05, 0.1) is 35.2 Å². The molecule has 1 aliphatic carbocycles. The summed E-state index contributed by atoms with van der Waals surface area (Å²) in [6.45, 7) is 1.22. The lowest BCUT2D eigenvalue weighted by Gasteiger charge is -2.40. The van der Waals surface area contributed by atoms with Crippen molar-refractivity contribution >= 4 is 11.9 Å². The maximum atomic E-state index is 13.5. The van der Waals surface area contributed by atoms with E-state index in [1.54, 1.807) is 0 Å². The molecule has 1 aliphatic rings. The second kappa shape index (κ2) is 10.1. The molecule has 0 amide bonds. The van der Waals surface area contributed by atoms with Crippen LogP contribution >= 0.6 is 0 Å². The van der Waals surface area contributed by atoms with E-state index < -0.39 is 76.8 Å². The zero-order valence-electron chi connectivity index (χ0n) is 18.6. The number of benzene rings is 2. The molecule has 1 saturated carbocycles. The number of rotatable bonds is 6. The number of carbonyl (C=O) groups is 2. The lowest BCUT2D eigenvalue weighted by atomic mass is 9.67. The van der Waals surface area contributed by atoms with Crippen molar-refractivity contribution in [3.05, 3.63) is 70.5 Å². The summed E-state index contributed by atoms with van der Waals surface area (Å²) in [6, 6.07) is 5.56. The van der Waals surface area contributed by atoms with Gasteiger partial charge >= 0.3 is 24.3 Å². The van der Waals surface area contributed by atoms with Crippen LogP contribution in [0.5, 0.6) is 0 Å². The van der Waals surface area contributed by atoms with E-state index in [1.807, 2.05) is 0 Å². The highest BCUT2D eigenvalue weighted by Crippen LogP contribution is 2.45. The van der Waals surface area contributed by atoms with E-state index in [0.717, 1.165) is 12.1 Å². The van der Waals surface area contributed by atoms with Crippen molar-refractivity contribution in [1.82, 2.24) is 0 Å². The fourth-order valence-corrected chi connectivity index (χ4v) is 4.60. The molecule has 0 spiro atoms. The van der Waals surface area contributed by atoms with Gasteiger partial charge in [0.1, 0.15) is 5.82 Å². The van der Waals surface area contributed by atoms with Crippen LogP contribution < -0.4 is 0 Å². The molecule has 1 fully saturated rings. The zero-order chi connectivity index (χ0) is 27.0. The Morgan fingerprint density at radius 2 is 1.42 bits per heavy atom. The Bertz CT molecular complexity index is 1080. The number of carboxylic acid groups (broad SMARTS) is 2. The fourth-order valence-electron chi connectivity index (χ4n) is 4.60. The van der Waals surface area contributed by atoms with Crippen LogP contribution in [0.3, 0.4) is 0 Å². The van der Waals surface area contributed by atoms with E-state index in [9.17, 15) is 50.5 Å². The molecule has 0 radical (unpaired) electrons. The third kappa shape index (κ3) is 5.97. The SMILES string of the molecule is C[C@@H](O[C@H]1CC[C@H](C(=O)O)[C@@H](C(=O)O)[C@@H]1c1ccc(F)cc1)c1cc(C(F)(F)F)cc(C(F)(F)F)c1. The maximum Gasteiger partial charge on any atom is 0.416 e. The Kier molecular flexibility index (Phi) is 7.68. The van der Waals surface area contributed by atoms with Crippen molar-refractivity contribution in [1.29, 1.82) is 0 Å². The first-order valence-corrected chi connectivity index (χ1v) is 10.8. The van der Waals surface area contributed by atoms with Crippen molar-refractivity contribution in [2.75, 3.05) is 0 Å². The number of aliphatic carboxylic acids is 2. The van der Waals surface area contributed by atoms with Crippen LogP contribution in [0.2, 0.25) is 0 Å². The highest BCUT2D eigenvalue weighted by Gasteiger charge is 2.48. The second-order valence-electron chi connectivity index (χ2n) is 8.62. The Hall–Kier alpha value is -3.15. The molecular formula is C24H21F7O5. The number of alkyl halides is 6. The van der Waals surface area contributed by atoms with Crippen molar-refractivity contribution < 1.29 is 55.3 Å². The monoisotopic (exact) mass is 522 g/mol. The molecule has 0 unspecified atom stereocenters. The van der Waals surface area contributed by atoms with Crippen molar-refractivity contribution in [2.24, 2.45) is 11.8 Å². The van der Waals surface area contributed by atoms with Gasteiger partial charge in [0.15, 0.2) is 0 Å². The molecule has 0 bridgehead atoms. The molecule has 196 valence electrons. The van der Waals surface area contributed by atoms with Gasteiger partial charge in [-0.15, -0.1) is 0 Å². The molecule has 5 nitrogen and oxygen atoms in total. The lowest BCUT2D eigenvalue weighted by Crippen LogP contribution is -2.44. The molecule has 0 heterocycles. The first kappa shape index (κ1) is 27.4. The molecule has 2 aromatic rings. The van der Waals surface area contributed by atoms with Gasteiger partial charge in [-0.3, -0.25) is 9.59 Å². The predicted octanol–water partition coefficient (Wildman–Crippen LogP) is 6.29. The normalized spacial score (nSPS) is 23.8. The van der Waals surface area contributed by atoms with E-state index in [-0.39, 0.29) is 24.5 Å². The van der Waals surface area contributed by atoms with Crippen LogP contribution in [-0.2, 0) is 26.7 Å². The molecule has 2 N–H and O–H groups in total. The van der Waals surface area contributed by atoms with Crippen LogP contribution in [0.25, 0.3) is 0 Å². The average molecular weight is 522 g/mol. The standard InChI is InChI=1S/C24H21F7O5/c1-11(13-8-14(23(26,27)28)10-15(9-13)24(29,30)31)36-18-7-6-17(21(32)33)20(22(34)35)19(18)12-2-4-16(25)5-3-12/h2-5,8-11,17-20H,6-7H2,1H3,(H,32,33)(H,34,35)/t11-,17+,18+,19-,20-/m1/s1. The molecule has 2 aromatic carbocycles. The summed E-state index contributed by atoms with van der Waals surface area (Å²) < 4.78 is 99.0. The highest BCUT2D eigenvalue weighted by atomic mass is 19.4. The molecule has 36 heavy (non-hydrogen) atoms. The van der Waals surface area contributed by atoms with Gasteiger partial charge < -0.3 is 14.9 Å². The quantitative estimate of drug-likeness (QED) is 0.436. The van der Waals surface area contributed by atoms with Crippen molar-refractivity contribution in [2.45, 2.75) is 50.2 Å². The number of ether oxygens (including phenoxy) is 1. The first-order valence-electron chi connectivity index (χ1n) is 10.8. The minimum absolute atomic E-state index is 0.0178. The van der Waals surface area contributed by atoms with Gasteiger partial charge in [-0.05, 0) is 61.2 Å².